The van der Waals surface area contributed by atoms with Gasteiger partial charge in [0.1, 0.15) is 24.7 Å². The molecule has 0 aliphatic carbocycles. The lowest BCUT2D eigenvalue weighted by atomic mass is 10.1. The molecule has 0 aromatic heterocycles. The van der Waals surface area contributed by atoms with Crippen molar-refractivity contribution in [2.24, 2.45) is 5.73 Å². The van der Waals surface area contributed by atoms with E-state index in [0.29, 0.717) is 12.4 Å². The number of hydrogen-bond acceptors (Lipinski definition) is 5. The minimum Gasteiger partial charge on any atom is -0.492 e. The maximum Gasteiger partial charge on any atom is 0.335 e. The van der Waals surface area contributed by atoms with Crippen molar-refractivity contribution >= 4 is 5.97 Å². The zero-order chi connectivity index (χ0) is 19.6. The molecule has 0 amide bonds. The van der Waals surface area contributed by atoms with Gasteiger partial charge in [-0.05, 0) is 75.4 Å². The standard InChI is InChI=1S/C21H28N2O4/c1-23(2)13-3-4-16-5-9-19(10-6-16)26-14-18(22)15-27-20-11-7-17(8-12-20)21(24)25/h5-12,18H,3-4,13-15,22H2,1-2H3,(H,24,25). The molecule has 6 heteroatoms. The summed E-state index contributed by atoms with van der Waals surface area (Å²) in [5.41, 5.74) is 7.54. The van der Waals surface area contributed by atoms with Gasteiger partial charge in [-0.3, -0.25) is 0 Å². The number of carboxylic acids is 1. The van der Waals surface area contributed by atoms with Gasteiger partial charge in [0.15, 0.2) is 0 Å². The molecule has 2 aromatic carbocycles. The smallest absolute Gasteiger partial charge is 0.335 e. The summed E-state index contributed by atoms with van der Waals surface area (Å²) in [6, 6.07) is 14.0. The fourth-order valence-corrected chi connectivity index (χ4v) is 2.50. The zero-order valence-electron chi connectivity index (χ0n) is 15.9. The van der Waals surface area contributed by atoms with E-state index in [9.17, 15) is 4.79 Å². The Morgan fingerprint density at radius 1 is 1.00 bits per heavy atom. The Balaban J connectivity index is 1.70. The predicted molar refractivity (Wildman–Crippen MR) is 106 cm³/mol. The Labute approximate surface area is 160 Å². The average Bonchev–Trinajstić information content (AvgIpc) is 2.65. The van der Waals surface area contributed by atoms with Gasteiger partial charge in [0.05, 0.1) is 11.6 Å². The van der Waals surface area contributed by atoms with E-state index in [1.165, 1.54) is 17.7 Å². The second-order valence-electron chi connectivity index (χ2n) is 6.76. The van der Waals surface area contributed by atoms with Crippen molar-refractivity contribution in [1.29, 1.82) is 0 Å². The van der Waals surface area contributed by atoms with Crippen molar-refractivity contribution in [3.8, 4) is 11.5 Å². The first-order valence-corrected chi connectivity index (χ1v) is 9.02. The van der Waals surface area contributed by atoms with Crippen molar-refractivity contribution in [3.63, 3.8) is 0 Å². The van der Waals surface area contributed by atoms with Crippen LogP contribution in [0.5, 0.6) is 11.5 Å². The van der Waals surface area contributed by atoms with Gasteiger partial charge in [0.25, 0.3) is 0 Å². The van der Waals surface area contributed by atoms with Gasteiger partial charge in [-0.2, -0.15) is 0 Å². The summed E-state index contributed by atoms with van der Waals surface area (Å²) in [5.74, 6) is 0.403. The molecule has 0 saturated carbocycles. The minimum absolute atomic E-state index is 0.222. The van der Waals surface area contributed by atoms with Gasteiger partial charge >= 0.3 is 5.97 Å². The summed E-state index contributed by atoms with van der Waals surface area (Å²) in [6.07, 6.45) is 2.18. The molecule has 1 atom stereocenters. The molecule has 0 saturated heterocycles. The lowest BCUT2D eigenvalue weighted by molar-refractivity contribution is 0.0697. The first kappa shape index (κ1) is 20.7. The van der Waals surface area contributed by atoms with Crippen molar-refractivity contribution in [1.82, 2.24) is 4.90 Å². The highest BCUT2D eigenvalue weighted by Crippen LogP contribution is 2.15. The second kappa shape index (κ2) is 10.5. The van der Waals surface area contributed by atoms with Gasteiger partial charge in [-0.15, -0.1) is 0 Å². The Morgan fingerprint density at radius 3 is 2.00 bits per heavy atom. The van der Waals surface area contributed by atoms with Crippen molar-refractivity contribution in [2.75, 3.05) is 33.9 Å². The predicted octanol–water partition coefficient (Wildman–Crippen LogP) is 2.66. The van der Waals surface area contributed by atoms with Crippen molar-refractivity contribution < 1.29 is 19.4 Å². The summed E-state index contributed by atoms with van der Waals surface area (Å²) in [6.45, 7) is 1.70. The van der Waals surface area contributed by atoms with Crippen LogP contribution in [0.15, 0.2) is 48.5 Å². The van der Waals surface area contributed by atoms with E-state index in [1.54, 1.807) is 12.1 Å². The molecule has 2 aromatic rings. The fraction of sp³-hybridized carbons (Fsp3) is 0.381. The molecule has 0 aliphatic rings. The van der Waals surface area contributed by atoms with Crippen LogP contribution in [-0.2, 0) is 6.42 Å². The Hall–Kier alpha value is -2.57. The number of nitrogens with two attached hydrogens (primary N) is 1. The maximum absolute atomic E-state index is 10.8. The molecule has 0 fully saturated rings. The molecule has 1 unspecified atom stereocenters. The van der Waals surface area contributed by atoms with Crippen LogP contribution in [0.25, 0.3) is 0 Å². The van der Waals surface area contributed by atoms with Crippen LogP contribution in [0.4, 0.5) is 0 Å². The number of carbonyl (C=O) groups is 1. The maximum atomic E-state index is 10.8. The minimum atomic E-state index is -0.963. The fourth-order valence-electron chi connectivity index (χ4n) is 2.50. The van der Waals surface area contributed by atoms with Crippen LogP contribution < -0.4 is 15.2 Å². The first-order chi connectivity index (χ1) is 12.9. The third-order valence-electron chi connectivity index (χ3n) is 4.02. The molecule has 0 spiro atoms. The molecule has 0 bridgehead atoms. The summed E-state index contributed by atoms with van der Waals surface area (Å²) in [4.78, 5) is 13.0. The number of nitrogens with zero attached hydrogens (tertiary/aromatic N) is 1. The summed E-state index contributed by atoms with van der Waals surface area (Å²) >= 11 is 0. The van der Waals surface area contributed by atoms with Gasteiger partial charge < -0.3 is 25.2 Å². The molecule has 6 nitrogen and oxygen atoms in total. The lowest BCUT2D eigenvalue weighted by Crippen LogP contribution is -2.34. The van der Waals surface area contributed by atoms with Crippen molar-refractivity contribution in [3.05, 3.63) is 59.7 Å². The Morgan fingerprint density at radius 2 is 1.52 bits per heavy atom. The monoisotopic (exact) mass is 372 g/mol. The molecule has 0 aliphatic heterocycles. The number of hydrogen-bond donors (Lipinski definition) is 2. The number of benzene rings is 2. The van der Waals surface area contributed by atoms with E-state index in [1.807, 2.05) is 12.1 Å². The molecule has 3 N–H and O–H groups in total. The van der Waals surface area contributed by atoms with Gasteiger partial charge in [0.2, 0.25) is 0 Å². The summed E-state index contributed by atoms with van der Waals surface area (Å²) in [7, 11) is 4.16. The highest BCUT2D eigenvalue weighted by Gasteiger charge is 2.07. The Bertz CT molecular complexity index is 699. The summed E-state index contributed by atoms with van der Waals surface area (Å²) in [5, 5.41) is 8.87. The van der Waals surface area contributed by atoms with E-state index in [-0.39, 0.29) is 18.2 Å². The van der Waals surface area contributed by atoms with Crippen LogP contribution in [0.2, 0.25) is 0 Å². The Kier molecular flexibility index (Phi) is 8.10. The van der Waals surface area contributed by atoms with E-state index in [2.05, 4.69) is 31.1 Å². The molecular formula is C21H28N2O4. The highest BCUT2D eigenvalue weighted by atomic mass is 16.5. The largest absolute Gasteiger partial charge is 0.492 e. The third-order valence-corrected chi connectivity index (χ3v) is 4.02. The normalized spacial score (nSPS) is 12.0. The van der Waals surface area contributed by atoms with Gasteiger partial charge in [0, 0.05) is 0 Å². The van der Waals surface area contributed by atoms with Crippen LogP contribution >= 0.6 is 0 Å². The van der Waals surface area contributed by atoms with Crippen molar-refractivity contribution in [2.45, 2.75) is 18.9 Å². The number of rotatable bonds is 11. The SMILES string of the molecule is CN(C)CCCc1ccc(OCC(N)COc2ccc(C(=O)O)cc2)cc1. The van der Waals surface area contributed by atoms with E-state index in [0.717, 1.165) is 25.1 Å². The first-order valence-electron chi connectivity index (χ1n) is 9.02. The molecule has 0 radical (unpaired) electrons. The quantitative estimate of drug-likeness (QED) is 0.631. The number of ether oxygens (including phenoxy) is 2. The summed E-state index contributed by atoms with van der Waals surface area (Å²) < 4.78 is 11.3. The lowest BCUT2D eigenvalue weighted by Gasteiger charge is -2.15. The number of carboxylic acid groups (broad SMARTS) is 1. The molecule has 2 rings (SSSR count). The van der Waals surface area contributed by atoms with E-state index in [4.69, 9.17) is 20.3 Å². The average molecular weight is 372 g/mol. The van der Waals surface area contributed by atoms with E-state index >= 15 is 0 Å². The topological polar surface area (TPSA) is 85.0 Å². The number of aryl methyl sites for hydroxylation is 1. The van der Waals surface area contributed by atoms with Gasteiger partial charge in [-0.25, -0.2) is 4.79 Å². The molecular weight excluding hydrogens is 344 g/mol. The molecule has 27 heavy (non-hydrogen) atoms. The second-order valence-corrected chi connectivity index (χ2v) is 6.76. The third kappa shape index (κ3) is 7.68. The zero-order valence-corrected chi connectivity index (χ0v) is 15.9. The van der Waals surface area contributed by atoms with Gasteiger partial charge in [-0.1, -0.05) is 12.1 Å². The number of aromatic carboxylic acids is 1. The van der Waals surface area contributed by atoms with Crippen LogP contribution in [0, 0.1) is 0 Å². The van der Waals surface area contributed by atoms with E-state index < -0.39 is 5.97 Å². The van der Waals surface area contributed by atoms with Crippen LogP contribution in [0.1, 0.15) is 22.3 Å². The van der Waals surface area contributed by atoms with Crippen LogP contribution in [-0.4, -0.2) is 55.9 Å². The highest BCUT2D eigenvalue weighted by molar-refractivity contribution is 5.87. The van der Waals surface area contributed by atoms with Crippen LogP contribution in [0.3, 0.4) is 0 Å². The molecule has 146 valence electrons. The molecule has 0 heterocycles.